The number of hydrogen-bond acceptors (Lipinski definition) is 4. The number of likely N-dealkylation sites (tertiary alicyclic amines) is 1. The van der Waals surface area contributed by atoms with Crippen LogP contribution in [0.4, 0.5) is 0 Å². The predicted molar refractivity (Wildman–Crippen MR) is 118 cm³/mol. The molecule has 3 fully saturated rings. The quantitative estimate of drug-likeness (QED) is 0.648. The van der Waals surface area contributed by atoms with Crippen LogP contribution < -0.4 is 5.32 Å². The summed E-state index contributed by atoms with van der Waals surface area (Å²) < 4.78 is 5.54. The van der Waals surface area contributed by atoms with Gasteiger partial charge in [-0.1, -0.05) is 42.1 Å². The first-order chi connectivity index (χ1) is 14.9. The van der Waals surface area contributed by atoms with Gasteiger partial charge in [0.05, 0.1) is 11.8 Å². The molecule has 2 atom stereocenters. The van der Waals surface area contributed by atoms with Crippen molar-refractivity contribution in [1.29, 1.82) is 0 Å². The molecule has 2 saturated heterocycles. The zero-order valence-electron chi connectivity index (χ0n) is 17.5. The summed E-state index contributed by atoms with van der Waals surface area (Å²) in [6.45, 7) is 1.75. The summed E-state index contributed by atoms with van der Waals surface area (Å²) >= 11 is 12.5. The van der Waals surface area contributed by atoms with Gasteiger partial charge in [-0.05, 0) is 43.4 Å². The van der Waals surface area contributed by atoms with Crippen molar-refractivity contribution in [2.75, 3.05) is 26.3 Å². The second kappa shape index (κ2) is 9.47. The summed E-state index contributed by atoms with van der Waals surface area (Å²) in [7, 11) is 0. The lowest BCUT2D eigenvalue weighted by molar-refractivity contribution is -0.140. The zero-order chi connectivity index (χ0) is 22.0. The minimum atomic E-state index is -0.330. The Bertz CT molecular complexity index is 845. The van der Waals surface area contributed by atoms with Crippen LogP contribution in [0.3, 0.4) is 0 Å². The van der Waals surface area contributed by atoms with E-state index in [2.05, 4.69) is 5.32 Å². The maximum absolute atomic E-state index is 12.6. The van der Waals surface area contributed by atoms with Crippen molar-refractivity contribution >= 4 is 40.9 Å². The van der Waals surface area contributed by atoms with Gasteiger partial charge in [0.15, 0.2) is 0 Å². The number of nitrogens with zero attached hydrogens (tertiary/aromatic N) is 1. The van der Waals surface area contributed by atoms with Crippen LogP contribution in [0.1, 0.15) is 50.5 Å². The number of rotatable bonds is 6. The van der Waals surface area contributed by atoms with Crippen molar-refractivity contribution < 1.29 is 19.1 Å². The zero-order valence-corrected chi connectivity index (χ0v) is 19.0. The molecular formula is C23H28Cl2N2O4. The molecular weight excluding hydrogens is 439 g/mol. The van der Waals surface area contributed by atoms with Crippen molar-refractivity contribution in [3.63, 3.8) is 0 Å². The maximum atomic E-state index is 12.6. The number of imide groups is 1. The van der Waals surface area contributed by atoms with Gasteiger partial charge in [-0.15, -0.1) is 0 Å². The summed E-state index contributed by atoms with van der Waals surface area (Å²) in [6.07, 6.45) is 5.13. The average Bonchev–Trinajstić information content (AvgIpc) is 3.01. The van der Waals surface area contributed by atoms with Gasteiger partial charge in [0.1, 0.15) is 0 Å². The van der Waals surface area contributed by atoms with E-state index < -0.39 is 0 Å². The van der Waals surface area contributed by atoms with Crippen LogP contribution in [0, 0.1) is 11.8 Å². The minimum absolute atomic E-state index is 0.101. The SMILES string of the molecule is O=C(CCN1C(=O)C2CCCCC2C1=O)NCC1(c2ccc(Cl)cc2Cl)CCOCC1. The Balaban J connectivity index is 1.37. The number of carbonyl (C=O) groups is 3. The molecule has 2 unspecified atom stereocenters. The first-order valence-corrected chi connectivity index (χ1v) is 11.8. The summed E-state index contributed by atoms with van der Waals surface area (Å²) in [5.74, 6) is -0.733. The predicted octanol–water partition coefficient (Wildman–Crippen LogP) is 3.72. The minimum Gasteiger partial charge on any atom is -0.381 e. The smallest absolute Gasteiger partial charge is 0.233 e. The Morgan fingerprint density at radius 1 is 1.10 bits per heavy atom. The van der Waals surface area contributed by atoms with Gasteiger partial charge in [-0.2, -0.15) is 0 Å². The van der Waals surface area contributed by atoms with Gasteiger partial charge in [0, 0.05) is 48.2 Å². The van der Waals surface area contributed by atoms with Gasteiger partial charge >= 0.3 is 0 Å². The number of hydrogen-bond donors (Lipinski definition) is 1. The van der Waals surface area contributed by atoms with Crippen LogP contribution >= 0.6 is 23.2 Å². The molecule has 2 heterocycles. The summed E-state index contributed by atoms with van der Waals surface area (Å²) in [4.78, 5) is 39.1. The maximum Gasteiger partial charge on any atom is 0.233 e. The topological polar surface area (TPSA) is 75.7 Å². The molecule has 1 aromatic carbocycles. The summed E-state index contributed by atoms with van der Waals surface area (Å²) in [6, 6.07) is 5.46. The fraction of sp³-hybridized carbons (Fsp3) is 0.609. The van der Waals surface area contributed by atoms with E-state index in [1.54, 1.807) is 6.07 Å². The Labute approximate surface area is 192 Å². The summed E-state index contributed by atoms with van der Waals surface area (Å²) in [5, 5.41) is 4.17. The van der Waals surface area contributed by atoms with Crippen LogP contribution in [0.25, 0.3) is 0 Å². The van der Waals surface area contributed by atoms with Gasteiger partial charge < -0.3 is 10.1 Å². The highest BCUT2D eigenvalue weighted by molar-refractivity contribution is 6.35. The van der Waals surface area contributed by atoms with E-state index in [1.165, 1.54) is 4.90 Å². The number of ether oxygens (including phenoxy) is 1. The number of carbonyl (C=O) groups excluding carboxylic acids is 3. The number of nitrogens with one attached hydrogen (secondary N) is 1. The van der Waals surface area contributed by atoms with E-state index in [-0.39, 0.29) is 47.9 Å². The molecule has 168 valence electrons. The van der Waals surface area contributed by atoms with Gasteiger partial charge in [0.2, 0.25) is 17.7 Å². The third-order valence-electron chi connectivity index (χ3n) is 7.07. The largest absolute Gasteiger partial charge is 0.381 e. The van der Waals surface area contributed by atoms with E-state index in [1.807, 2.05) is 12.1 Å². The molecule has 3 amide bonds. The fourth-order valence-corrected chi connectivity index (χ4v) is 5.85. The first-order valence-electron chi connectivity index (χ1n) is 11.1. The van der Waals surface area contributed by atoms with Crippen LogP contribution in [-0.4, -0.2) is 48.9 Å². The van der Waals surface area contributed by atoms with Crippen LogP contribution in [-0.2, 0) is 24.5 Å². The molecule has 1 aromatic rings. The summed E-state index contributed by atoms with van der Waals surface area (Å²) in [5.41, 5.74) is 0.625. The van der Waals surface area contributed by atoms with Gasteiger partial charge in [0.25, 0.3) is 0 Å². The molecule has 4 rings (SSSR count). The van der Waals surface area contributed by atoms with E-state index in [9.17, 15) is 14.4 Å². The van der Waals surface area contributed by atoms with E-state index in [4.69, 9.17) is 27.9 Å². The molecule has 1 aliphatic carbocycles. The lowest BCUT2D eigenvalue weighted by Gasteiger charge is -2.38. The normalized spacial score (nSPS) is 25.4. The molecule has 6 nitrogen and oxygen atoms in total. The molecule has 1 N–H and O–H groups in total. The van der Waals surface area contributed by atoms with Crippen LogP contribution in [0.15, 0.2) is 18.2 Å². The number of fused-ring (bicyclic) bond motifs is 1. The number of halogens is 2. The molecule has 3 aliphatic rings. The van der Waals surface area contributed by atoms with Gasteiger partial charge in [-0.3, -0.25) is 19.3 Å². The Morgan fingerprint density at radius 2 is 1.74 bits per heavy atom. The Hall–Kier alpha value is -1.63. The average molecular weight is 467 g/mol. The van der Waals surface area contributed by atoms with Crippen molar-refractivity contribution in [1.82, 2.24) is 10.2 Å². The van der Waals surface area contributed by atoms with Crippen LogP contribution in [0.2, 0.25) is 10.0 Å². The molecule has 0 bridgehead atoms. The molecule has 0 radical (unpaired) electrons. The van der Waals surface area contributed by atoms with Crippen molar-refractivity contribution in [2.45, 2.75) is 50.4 Å². The monoisotopic (exact) mass is 466 g/mol. The number of amides is 3. The van der Waals surface area contributed by atoms with E-state index in [0.717, 1.165) is 44.1 Å². The first kappa shape index (κ1) is 22.6. The Morgan fingerprint density at radius 3 is 2.35 bits per heavy atom. The second-order valence-electron chi connectivity index (χ2n) is 8.87. The lowest BCUT2D eigenvalue weighted by atomic mass is 9.74. The third kappa shape index (κ3) is 4.62. The fourth-order valence-electron chi connectivity index (χ4n) is 5.24. The Kier molecular flexibility index (Phi) is 6.89. The van der Waals surface area contributed by atoms with E-state index in [0.29, 0.717) is 29.8 Å². The van der Waals surface area contributed by atoms with Crippen molar-refractivity contribution in [3.05, 3.63) is 33.8 Å². The van der Waals surface area contributed by atoms with Crippen molar-refractivity contribution in [3.8, 4) is 0 Å². The van der Waals surface area contributed by atoms with Crippen molar-refractivity contribution in [2.24, 2.45) is 11.8 Å². The lowest BCUT2D eigenvalue weighted by Crippen LogP contribution is -2.45. The number of benzene rings is 1. The third-order valence-corrected chi connectivity index (χ3v) is 7.62. The van der Waals surface area contributed by atoms with Crippen LogP contribution in [0.5, 0.6) is 0 Å². The molecule has 2 aliphatic heterocycles. The molecule has 1 saturated carbocycles. The molecule has 0 spiro atoms. The highest BCUT2D eigenvalue weighted by Gasteiger charge is 2.47. The van der Waals surface area contributed by atoms with E-state index >= 15 is 0 Å². The standard InChI is InChI=1S/C23H28Cl2N2O4/c24-15-5-6-18(19(25)13-15)23(8-11-31-12-9-23)14-26-20(28)7-10-27-21(29)16-3-1-2-4-17(16)22(27)30/h5-6,13,16-17H,1-4,7-12,14H2,(H,26,28). The molecule has 31 heavy (non-hydrogen) atoms. The molecule has 0 aromatic heterocycles. The highest BCUT2D eigenvalue weighted by Crippen LogP contribution is 2.40. The van der Waals surface area contributed by atoms with Gasteiger partial charge in [-0.25, -0.2) is 0 Å². The second-order valence-corrected chi connectivity index (χ2v) is 9.71. The highest BCUT2D eigenvalue weighted by atomic mass is 35.5. The molecule has 8 heteroatoms.